The van der Waals surface area contributed by atoms with Crippen LogP contribution in [0, 0.1) is 5.82 Å². The lowest BCUT2D eigenvalue weighted by Gasteiger charge is -2.20. The Balaban J connectivity index is 2.10. The van der Waals surface area contributed by atoms with Crippen LogP contribution in [0.2, 0.25) is 5.02 Å². The van der Waals surface area contributed by atoms with E-state index in [2.05, 4.69) is 5.32 Å². The number of halogens is 2. The van der Waals surface area contributed by atoms with E-state index in [1.807, 2.05) is 0 Å². The fourth-order valence-corrected chi connectivity index (χ4v) is 2.08. The molecule has 1 aliphatic rings. The maximum Gasteiger partial charge on any atom is 0.159 e. The van der Waals surface area contributed by atoms with Gasteiger partial charge in [-0.1, -0.05) is 17.7 Å². The van der Waals surface area contributed by atoms with Gasteiger partial charge in [-0.25, -0.2) is 4.39 Å². The van der Waals surface area contributed by atoms with Crippen LogP contribution in [0.1, 0.15) is 18.0 Å². The zero-order chi connectivity index (χ0) is 12.3. The zero-order valence-corrected chi connectivity index (χ0v) is 10.3. The second kappa shape index (κ2) is 5.78. The van der Waals surface area contributed by atoms with Gasteiger partial charge in [0, 0.05) is 23.0 Å². The van der Waals surface area contributed by atoms with Crippen LogP contribution in [-0.2, 0) is 9.47 Å². The molecule has 0 radical (unpaired) electrons. The standard InChI is InChI=1S/C12H15ClFNO2/c1-15-11(7-12-16-4-5-17-12)9-3-2-8(13)6-10(9)14/h2-3,6,11-12,15H,4-5,7H2,1H3. The van der Waals surface area contributed by atoms with E-state index in [0.717, 1.165) is 0 Å². The van der Waals surface area contributed by atoms with Gasteiger partial charge in [0.2, 0.25) is 0 Å². The van der Waals surface area contributed by atoms with Crippen molar-refractivity contribution in [2.24, 2.45) is 0 Å². The van der Waals surface area contributed by atoms with Gasteiger partial charge in [-0.15, -0.1) is 0 Å². The smallest absolute Gasteiger partial charge is 0.159 e. The summed E-state index contributed by atoms with van der Waals surface area (Å²) < 4.78 is 24.5. The second-order valence-electron chi connectivity index (χ2n) is 3.91. The minimum Gasteiger partial charge on any atom is -0.350 e. The molecule has 1 unspecified atom stereocenters. The molecule has 0 aliphatic carbocycles. The van der Waals surface area contributed by atoms with Gasteiger partial charge >= 0.3 is 0 Å². The fourth-order valence-electron chi connectivity index (χ4n) is 1.92. The minimum absolute atomic E-state index is 0.143. The minimum atomic E-state index is -0.310. The molecule has 0 saturated carbocycles. The van der Waals surface area contributed by atoms with Crippen LogP contribution in [0.15, 0.2) is 18.2 Å². The first-order chi connectivity index (χ1) is 8.20. The van der Waals surface area contributed by atoms with Crippen molar-refractivity contribution in [3.8, 4) is 0 Å². The lowest BCUT2D eigenvalue weighted by Crippen LogP contribution is -2.23. The third-order valence-corrected chi connectivity index (χ3v) is 3.04. The quantitative estimate of drug-likeness (QED) is 0.901. The predicted molar refractivity (Wildman–Crippen MR) is 63.5 cm³/mol. The molecule has 1 N–H and O–H groups in total. The third kappa shape index (κ3) is 3.16. The van der Waals surface area contributed by atoms with Crippen molar-refractivity contribution >= 4 is 11.6 Å². The van der Waals surface area contributed by atoms with Crippen molar-refractivity contribution in [2.75, 3.05) is 20.3 Å². The fraction of sp³-hybridized carbons (Fsp3) is 0.500. The van der Waals surface area contributed by atoms with Crippen molar-refractivity contribution < 1.29 is 13.9 Å². The Hall–Kier alpha value is -0.680. The van der Waals surface area contributed by atoms with Gasteiger partial charge in [0.1, 0.15) is 5.82 Å². The van der Waals surface area contributed by atoms with Gasteiger partial charge in [0.05, 0.1) is 13.2 Å². The Morgan fingerprint density at radius 3 is 2.76 bits per heavy atom. The number of hydrogen-bond donors (Lipinski definition) is 1. The van der Waals surface area contributed by atoms with Crippen LogP contribution in [0.4, 0.5) is 4.39 Å². The highest BCUT2D eigenvalue weighted by Crippen LogP contribution is 2.26. The summed E-state index contributed by atoms with van der Waals surface area (Å²) in [6, 6.07) is 4.54. The van der Waals surface area contributed by atoms with Crippen LogP contribution in [0.5, 0.6) is 0 Å². The summed E-state index contributed by atoms with van der Waals surface area (Å²) in [4.78, 5) is 0. The Bertz CT molecular complexity index is 383. The van der Waals surface area contributed by atoms with Crippen LogP contribution >= 0.6 is 11.6 Å². The lowest BCUT2D eigenvalue weighted by atomic mass is 10.0. The first-order valence-electron chi connectivity index (χ1n) is 5.56. The monoisotopic (exact) mass is 259 g/mol. The number of hydrogen-bond acceptors (Lipinski definition) is 3. The maximum absolute atomic E-state index is 13.8. The first-order valence-corrected chi connectivity index (χ1v) is 5.94. The molecule has 0 amide bonds. The van der Waals surface area contributed by atoms with E-state index in [1.54, 1.807) is 19.2 Å². The molecule has 17 heavy (non-hydrogen) atoms. The van der Waals surface area contributed by atoms with E-state index in [0.29, 0.717) is 30.2 Å². The van der Waals surface area contributed by atoms with E-state index in [4.69, 9.17) is 21.1 Å². The molecule has 94 valence electrons. The largest absolute Gasteiger partial charge is 0.350 e. The topological polar surface area (TPSA) is 30.5 Å². The number of nitrogens with one attached hydrogen (secondary N) is 1. The highest BCUT2D eigenvalue weighted by atomic mass is 35.5. The van der Waals surface area contributed by atoms with Crippen molar-refractivity contribution in [1.82, 2.24) is 5.32 Å². The van der Waals surface area contributed by atoms with E-state index < -0.39 is 0 Å². The van der Waals surface area contributed by atoms with E-state index in [-0.39, 0.29) is 18.1 Å². The third-order valence-electron chi connectivity index (χ3n) is 2.81. The first kappa shape index (κ1) is 12.8. The van der Waals surface area contributed by atoms with Gasteiger partial charge in [0.25, 0.3) is 0 Å². The molecular formula is C12H15ClFNO2. The molecule has 1 saturated heterocycles. The normalized spacial score (nSPS) is 18.5. The number of rotatable bonds is 4. The zero-order valence-electron chi connectivity index (χ0n) is 9.58. The highest BCUT2D eigenvalue weighted by Gasteiger charge is 2.23. The summed E-state index contributed by atoms with van der Waals surface area (Å²) in [5.41, 5.74) is 0.580. The average Bonchev–Trinajstić information content (AvgIpc) is 2.79. The summed E-state index contributed by atoms with van der Waals surface area (Å²) in [5, 5.41) is 3.46. The van der Waals surface area contributed by atoms with Gasteiger partial charge in [-0.2, -0.15) is 0 Å². The molecule has 0 bridgehead atoms. The molecule has 2 rings (SSSR count). The molecule has 1 atom stereocenters. The number of ether oxygens (including phenoxy) is 2. The van der Waals surface area contributed by atoms with Crippen LogP contribution in [-0.4, -0.2) is 26.6 Å². The van der Waals surface area contributed by atoms with Gasteiger partial charge < -0.3 is 14.8 Å². The molecule has 0 spiro atoms. The van der Waals surface area contributed by atoms with Crippen molar-refractivity contribution in [2.45, 2.75) is 18.8 Å². The average molecular weight is 260 g/mol. The van der Waals surface area contributed by atoms with Gasteiger partial charge in [-0.3, -0.25) is 0 Å². The predicted octanol–water partition coefficient (Wildman–Crippen LogP) is 2.50. The molecule has 1 aliphatic heterocycles. The molecule has 1 aromatic carbocycles. The Labute approximate surface area is 105 Å². The van der Waals surface area contributed by atoms with Crippen molar-refractivity contribution in [1.29, 1.82) is 0 Å². The summed E-state index contributed by atoms with van der Waals surface area (Å²) >= 11 is 5.73. The molecule has 1 aromatic rings. The van der Waals surface area contributed by atoms with Crippen LogP contribution < -0.4 is 5.32 Å². The van der Waals surface area contributed by atoms with Gasteiger partial charge in [0.15, 0.2) is 6.29 Å². The molecule has 5 heteroatoms. The van der Waals surface area contributed by atoms with Gasteiger partial charge in [-0.05, 0) is 19.2 Å². The summed E-state index contributed by atoms with van der Waals surface area (Å²) in [5.74, 6) is -0.310. The lowest BCUT2D eigenvalue weighted by molar-refractivity contribution is -0.0527. The SMILES string of the molecule is CNC(CC1OCCO1)c1ccc(Cl)cc1F. The van der Waals surface area contributed by atoms with Crippen LogP contribution in [0.25, 0.3) is 0 Å². The second-order valence-corrected chi connectivity index (χ2v) is 4.35. The Morgan fingerprint density at radius 1 is 1.47 bits per heavy atom. The Kier molecular flexibility index (Phi) is 4.34. The van der Waals surface area contributed by atoms with Crippen molar-refractivity contribution in [3.63, 3.8) is 0 Å². The highest BCUT2D eigenvalue weighted by molar-refractivity contribution is 6.30. The van der Waals surface area contributed by atoms with E-state index >= 15 is 0 Å². The van der Waals surface area contributed by atoms with Crippen LogP contribution in [0.3, 0.4) is 0 Å². The summed E-state index contributed by atoms with van der Waals surface area (Å²) in [6.07, 6.45) is 0.317. The molecule has 0 aromatic heterocycles. The molecular weight excluding hydrogens is 245 g/mol. The van der Waals surface area contributed by atoms with E-state index in [1.165, 1.54) is 6.07 Å². The molecule has 1 fully saturated rings. The van der Waals surface area contributed by atoms with E-state index in [9.17, 15) is 4.39 Å². The summed E-state index contributed by atoms with van der Waals surface area (Å²) in [6.45, 7) is 1.20. The molecule has 1 heterocycles. The summed E-state index contributed by atoms with van der Waals surface area (Å²) in [7, 11) is 1.79. The Morgan fingerprint density at radius 2 is 2.18 bits per heavy atom. The van der Waals surface area contributed by atoms with Crippen molar-refractivity contribution in [3.05, 3.63) is 34.6 Å². The molecule has 3 nitrogen and oxygen atoms in total. The number of benzene rings is 1. The maximum atomic E-state index is 13.8.